The molecule has 1 aliphatic heterocycles. The summed E-state index contributed by atoms with van der Waals surface area (Å²) in [6, 6.07) is 9.98. The van der Waals surface area contributed by atoms with Crippen LogP contribution in [0, 0.1) is 12.3 Å². The highest BCUT2D eigenvalue weighted by molar-refractivity contribution is 7.99. The van der Waals surface area contributed by atoms with E-state index in [2.05, 4.69) is 33.4 Å². The molecule has 2 aromatic heterocycles. The van der Waals surface area contributed by atoms with Crippen LogP contribution in [0.5, 0.6) is 0 Å². The SMILES string of the molecule is Cc1nc(N2CCC3(CC2)Cc2ccccc2[C@H]3NC(=O)OC(C)(C)C)c(CO)nc1Sc1ccnc(N)c1Cl. The van der Waals surface area contributed by atoms with E-state index in [9.17, 15) is 9.90 Å². The second kappa shape index (κ2) is 11.1. The van der Waals surface area contributed by atoms with Gasteiger partial charge in [-0.1, -0.05) is 47.6 Å². The maximum absolute atomic E-state index is 12.8. The highest BCUT2D eigenvalue weighted by Crippen LogP contribution is 2.52. The van der Waals surface area contributed by atoms with E-state index in [0.717, 1.165) is 48.5 Å². The summed E-state index contributed by atoms with van der Waals surface area (Å²) in [5.74, 6) is 0.943. The standard InChI is InChI=1S/C29H35ClN6O3S/c1-17-26(40-21-9-12-32-24(31)22(21)30)34-20(16-37)25(33-17)36-13-10-29(11-14-36)15-18-7-5-6-8-19(18)23(29)35-27(38)39-28(2,3)4/h5-9,12,23,37H,10-11,13-16H2,1-4H3,(H2,31,32)(H,35,38)/t23-/m1/s1. The van der Waals surface area contributed by atoms with Crippen molar-refractivity contribution in [2.24, 2.45) is 5.41 Å². The number of carbonyl (C=O) groups excluding carboxylic acids is 1. The van der Waals surface area contributed by atoms with Gasteiger partial charge in [0.2, 0.25) is 0 Å². The van der Waals surface area contributed by atoms with Gasteiger partial charge in [-0.2, -0.15) is 0 Å². The summed E-state index contributed by atoms with van der Waals surface area (Å²) >= 11 is 7.69. The monoisotopic (exact) mass is 582 g/mol. The second-order valence-corrected chi connectivity index (χ2v) is 12.9. The average Bonchev–Trinajstić information content (AvgIpc) is 3.19. The molecule has 1 aliphatic carbocycles. The Morgan fingerprint density at radius 1 is 1.25 bits per heavy atom. The number of amides is 1. The molecule has 3 aromatic rings. The molecule has 3 heterocycles. The van der Waals surface area contributed by atoms with Crippen LogP contribution in [-0.4, -0.2) is 44.8 Å². The van der Waals surface area contributed by atoms with Crippen molar-refractivity contribution in [1.29, 1.82) is 0 Å². The van der Waals surface area contributed by atoms with Crippen LogP contribution < -0.4 is 16.0 Å². The zero-order valence-corrected chi connectivity index (χ0v) is 24.8. The summed E-state index contributed by atoms with van der Waals surface area (Å²) in [4.78, 5) is 29.4. The number of rotatable bonds is 5. The smallest absolute Gasteiger partial charge is 0.408 e. The topological polar surface area (TPSA) is 126 Å². The van der Waals surface area contributed by atoms with E-state index < -0.39 is 11.7 Å². The maximum atomic E-state index is 12.8. The molecule has 1 fully saturated rings. The first kappa shape index (κ1) is 28.4. The number of aliphatic hydroxyl groups is 1. The highest BCUT2D eigenvalue weighted by Gasteiger charge is 2.49. The van der Waals surface area contributed by atoms with Crippen molar-refractivity contribution in [3.8, 4) is 0 Å². The molecule has 11 heteroatoms. The molecule has 1 amide bonds. The normalized spacial score (nSPS) is 18.1. The van der Waals surface area contributed by atoms with Crippen LogP contribution >= 0.6 is 23.4 Å². The number of pyridine rings is 1. The minimum Gasteiger partial charge on any atom is -0.444 e. The van der Waals surface area contributed by atoms with Crippen molar-refractivity contribution in [2.75, 3.05) is 23.7 Å². The number of hydrogen-bond acceptors (Lipinski definition) is 9. The van der Waals surface area contributed by atoms with Gasteiger partial charge in [-0.3, -0.25) is 0 Å². The van der Waals surface area contributed by atoms with Crippen LogP contribution in [0.2, 0.25) is 5.02 Å². The van der Waals surface area contributed by atoms with E-state index in [1.807, 2.05) is 33.8 Å². The van der Waals surface area contributed by atoms with Crippen molar-refractivity contribution < 1.29 is 14.6 Å². The summed E-state index contributed by atoms with van der Waals surface area (Å²) in [5.41, 5.74) is 8.83. The number of nitrogens with two attached hydrogens (primary N) is 1. The van der Waals surface area contributed by atoms with Gasteiger partial charge in [0, 0.05) is 29.6 Å². The molecule has 0 unspecified atom stereocenters. The predicted octanol–water partition coefficient (Wildman–Crippen LogP) is 5.47. The van der Waals surface area contributed by atoms with Gasteiger partial charge in [0.15, 0.2) is 5.82 Å². The first-order chi connectivity index (χ1) is 19.0. The molecule has 1 spiro atoms. The number of halogens is 1. The number of nitrogens with zero attached hydrogens (tertiary/aromatic N) is 4. The minimum atomic E-state index is -0.574. The molecule has 40 heavy (non-hydrogen) atoms. The number of hydrogen-bond donors (Lipinski definition) is 3. The van der Waals surface area contributed by atoms with Crippen molar-refractivity contribution in [2.45, 2.75) is 75.1 Å². The molecule has 1 aromatic carbocycles. The quantitative estimate of drug-likeness (QED) is 0.359. The Bertz CT molecular complexity index is 1420. The summed E-state index contributed by atoms with van der Waals surface area (Å²) in [5, 5.41) is 14.5. The third kappa shape index (κ3) is 5.70. The van der Waals surface area contributed by atoms with Crippen molar-refractivity contribution in [3.63, 3.8) is 0 Å². The molecule has 0 radical (unpaired) electrons. The van der Waals surface area contributed by atoms with E-state index in [0.29, 0.717) is 21.6 Å². The van der Waals surface area contributed by atoms with Crippen molar-refractivity contribution in [1.82, 2.24) is 20.3 Å². The summed E-state index contributed by atoms with van der Waals surface area (Å²) in [6.45, 7) is 8.72. The Kier molecular flexibility index (Phi) is 7.87. The third-order valence-corrected chi connectivity index (χ3v) is 9.21. The number of fused-ring (bicyclic) bond motifs is 1. The van der Waals surface area contributed by atoms with Crippen molar-refractivity contribution in [3.05, 3.63) is 64.1 Å². The number of carbonyl (C=O) groups is 1. The second-order valence-electron chi connectivity index (χ2n) is 11.5. The molecule has 1 atom stereocenters. The number of anilines is 2. The van der Waals surface area contributed by atoms with Gasteiger partial charge < -0.3 is 25.8 Å². The van der Waals surface area contributed by atoms with Crippen LogP contribution in [0.3, 0.4) is 0 Å². The Hall–Kier alpha value is -3.08. The number of aromatic nitrogens is 3. The molecule has 2 aliphatic rings. The molecular formula is C29H35ClN6O3S. The Labute approximate surface area is 243 Å². The molecule has 0 bridgehead atoms. The van der Waals surface area contributed by atoms with E-state index >= 15 is 0 Å². The van der Waals surface area contributed by atoms with Gasteiger partial charge in [0.05, 0.1) is 23.4 Å². The Morgan fingerprint density at radius 3 is 2.67 bits per heavy atom. The van der Waals surface area contributed by atoms with E-state index in [4.69, 9.17) is 32.0 Å². The fraction of sp³-hybridized carbons (Fsp3) is 0.448. The number of nitrogen functional groups attached to an aromatic ring is 1. The lowest BCUT2D eigenvalue weighted by molar-refractivity contribution is 0.0428. The minimum absolute atomic E-state index is 0.132. The summed E-state index contributed by atoms with van der Waals surface area (Å²) in [6.07, 6.45) is 3.78. The van der Waals surface area contributed by atoms with Crippen LogP contribution in [0.25, 0.3) is 0 Å². The Balaban J connectivity index is 1.36. The first-order valence-corrected chi connectivity index (χ1v) is 14.6. The molecule has 5 rings (SSSR count). The lowest BCUT2D eigenvalue weighted by atomic mass is 9.72. The summed E-state index contributed by atoms with van der Waals surface area (Å²) < 4.78 is 5.62. The molecule has 9 nitrogen and oxygen atoms in total. The van der Waals surface area contributed by atoms with E-state index in [1.54, 1.807) is 12.3 Å². The van der Waals surface area contributed by atoms with E-state index in [1.165, 1.54) is 17.3 Å². The fourth-order valence-electron chi connectivity index (χ4n) is 5.68. The fourth-order valence-corrected chi connectivity index (χ4v) is 6.79. The molecule has 4 N–H and O–H groups in total. The van der Waals surface area contributed by atoms with Crippen molar-refractivity contribution >= 4 is 41.1 Å². The largest absolute Gasteiger partial charge is 0.444 e. The highest BCUT2D eigenvalue weighted by atomic mass is 35.5. The van der Waals surface area contributed by atoms with Crippen LogP contribution in [0.15, 0.2) is 46.5 Å². The number of alkyl carbamates (subject to hydrolysis) is 1. The first-order valence-electron chi connectivity index (χ1n) is 13.4. The number of aliphatic hydroxyl groups excluding tert-OH is 1. The number of nitrogens with one attached hydrogen (secondary N) is 1. The molecule has 212 valence electrons. The van der Waals surface area contributed by atoms with Gasteiger partial charge in [0.1, 0.15) is 22.1 Å². The van der Waals surface area contributed by atoms with Crippen LogP contribution in [0.1, 0.15) is 62.2 Å². The zero-order chi connectivity index (χ0) is 28.7. The average molecular weight is 583 g/mol. The zero-order valence-electron chi connectivity index (χ0n) is 23.2. The number of benzene rings is 1. The summed E-state index contributed by atoms with van der Waals surface area (Å²) in [7, 11) is 0. The predicted molar refractivity (Wildman–Crippen MR) is 157 cm³/mol. The maximum Gasteiger partial charge on any atom is 0.408 e. The van der Waals surface area contributed by atoms with Gasteiger partial charge in [-0.25, -0.2) is 19.7 Å². The van der Waals surface area contributed by atoms with Crippen LogP contribution in [0.4, 0.5) is 16.4 Å². The van der Waals surface area contributed by atoms with E-state index in [-0.39, 0.29) is 23.9 Å². The lowest BCUT2D eigenvalue weighted by Crippen LogP contribution is -2.48. The third-order valence-electron chi connectivity index (χ3n) is 7.56. The van der Waals surface area contributed by atoms with Gasteiger partial charge >= 0.3 is 6.09 Å². The van der Waals surface area contributed by atoms with Gasteiger partial charge in [-0.15, -0.1) is 0 Å². The molecular weight excluding hydrogens is 548 g/mol. The Morgan fingerprint density at radius 2 is 1.98 bits per heavy atom. The number of ether oxygens (including phenoxy) is 1. The van der Waals surface area contributed by atoms with Crippen LogP contribution in [-0.2, 0) is 17.8 Å². The van der Waals surface area contributed by atoms with Gasteiger partial charge in [0.25, 0.3) is 0 Å². The molecule has 1 saturated heterocycles. The number of piperidine rings is 1. The lowest BCUT2D eigenvalue weighted by Gasteiger charge is -2.44. The molecule has 0 saturated carbocycles. The number of aryl methyl sites for hydroxylation is 1. The van der Waals surface area contributed by atoms with Gasteiger partial charge in [-0.05, 0) is 64.2 Å².